The van der Waals surface area contributed by atoms with Crippen LogP contribution in [0.2, 0.25) is 0 Å². The molecular weight excluding hydrogens is 364 g/mol. The first-order valence-corrected chi connectivity index (χ1v) is 8.28. The standard InChI is InChI=1S/C21H18O7/c1-26-17(22)12-13-18(23)27-14-19(24)28-21(25)20(15-8-4-2-5-9-15)16-10-6-3-7-11-16/h2-13,20H,14H2,1H3/b13-12+. The molecule has 0 N–H and O–H groups in total. The van der Waals surface area contributed by atoms with Crippen LogP contribution in [0.3, 0.4) is 0 Å². The average Bonchev–Trinajstić information content (AvgIpc) is 2.72. The van der Waals surface area contributed by atoms with Crippen molar-refractivity contribution in [2.45, 2.75) is 5.92 Å². The molecule has 28 heavy (non-hydrogen) atoms. The van der Waals surface area contributed by atoms with E-state index in [0.29, 0.717) is 11.1 Å². The fraction of sp³-hybridized carbons (Fsp3) is 0.143. The van der Waals surface area contributed by atoms with Gasteiger partial charge in [0.05, 0.1) is 7.11 Å². The van der Waals surface area contributed by atoms with E-state index in [0.717, 1.165) is 19.3 Å². The molecule has 0 heterocycles. The highest BCUT2D eigenvalue weighted by Crippen LogP contribution is 2.25. The highest BCUT2D eigenvalue weighted by atomic mass is 16.6. The summed E-state index contributed by atoms with van der Waals surface area (Å²) in [6, 6.07) is 17.7. The molecule has 0 aromatic heterocycles. The molecule has 2 aromatic rings. The van der Waals surface area contributed by atoms with Crippen molar-refractivity contribution in [2.24, 2.45) is 0 Å². The van der Waals surface area contributed by atoms with Crippen LogP contribution in [0.25, 0.3) is 0 Å². The first-order valence-electron chi connectivity index (χ1n) is 8.28. The van der Waals surface area contributed by atoms with E-state index >= 15 is 0 Å². The van der Waals surface area contributed by atoms with E-state index in [4.69, 9.17) is 4.74 Å². The molecule has 0 fully saturated rings. The molecule has 144 valence electrons. The van der Waals surface area contributed by atoms with E-state index in [2.05, 4.69) is 9.47 Å². The smallest absolute Gasteiger partial charge is 0.351 e. The van der Waals surface area contributed by atoms with Crippen LogP contribution in [0.15, 0.2) is 72.8 Å². The van der Waals surface area contributed by atoms with E-state index in [-0.39, 0.29) is 0 Å². The molecule has 0 saturated heterocycles. The van der Waals surface area contributed by atoms with Crippen LogP contribution >= 0.6 is 0 Å². The van der Waals surface area contributed by atoms with E-state index in [1.807, 2.05) is 12.1 Å². The van der Waals surface area contributed by atoms with Gasteiger partial charge in [0.15, 0.2) is 6.61 Å². The summed E-state index contributed by atoms with van der Waals surface area (Å²) in [5.41, 5.74) is 1.31. The molecule has 0 spiro atoms. The number of carbonyl (C=O) groups excluding carboxylic acids is 4. The molecule has 7 heteroatoms. The number of hydrogen-bond donors (Lipinski definition) is 0. The van der Waals surface area contributed by atoms with Gasteiger partial charge in [0.1, 0.15) is 5.92 Å². The van der Waals surface area contributed by atoms with Crippen molar-refractivity contribution in [1.82, 2.24) is 0 Å². The van der Waals surface area contributed by atoms with E-state index in [1.54, 1.807) is 48.5 Å². The lowest BCUT2D eigenvalue weighted by Gasteiger charge is -2.16. The van der Waals surface area contributed by atoms with E-state index < -0.39 is 36.4 Å². The summed E-state index contributed by atoms with van der Waals surface area (Å²) < 4.78 is 13.8. The lowest BCUT2D eigenvalue weighted by Crippen LogP contribution is -2.24. The summed E-state index contributed by atoms with van der Waals surface area (Å²) in [5, 5.41) is 0. The van der Waals surface area contributed by atoms with Gasteiger partial charge in [0.2, 0.25) is 0 Å². The minimum absolute atomic E-state index is 0.657. The Morgan fingerprint density at radius 3 is 1.82 bits per heavy atom. The predicted molar refractivity (Wildman–Crippen MR) is 97.9 cm³/mol. The Morgan fingerprint density at radius 2 is 1.32 bits per heavy atom. The SMILES string of the molecule is COC(=O)/C=C/C(=O)OCC(=O)OC(=O)C(c1ccccc1)c1ccccc1. The van der Waals surface area contributed by atoms with Gasteiger partial charge in [-0.05, 0) is 11.1 Å². The van der Waals surface area contributed by atoms with Gasteiger partial charge in [-0.15, -0.1) is 0 Å². The Morgan fingerprint density at radius 1 is 0.821 bits per heavy atom. The van der Waals surface area contributed by atoms with E-state index in [9.17, 15) is 19.2 Å². The number of ether oxygens (including phenoxy) is 3. The van der Waals surface area contributed by atoms with Gasteiger partial charge < -0.3 is 14.2 Å². The number of methoxy groups -OCH3 is 1. The van der Waals surface area contributed by atoms with Crippen molar-refractivity contribution in [2.75, 3.05) is 13.7 Å². The monoisotopic (exact) mass is 382 g/mol. The zero-order valence-corrected chi connectivity index (χ0v) is 15.1. The third-order valence-electron chi connectivity index (χ3n) is 3.60. The summed E-state index contributed by atoms with van der Waals surface area (Å²) in [6.45, 7) is -0.771. The Hall–Kier alpha value is -3.74. The fourth-order valence-corrected chi connectivity index (χ4v) is 2.34. The van der Waals surface area contributed by atoms with Crippen LogP contribution in [-0.2, 0) is 33.4 Å². The molecule has 0 atom stereocenters. The minimum Gasteiger partial charge on any atom is -0.466 e. The van der Waals surface area contributed by atoms with Crippen molar-refractivity contribution < 1.29 is 33.4 Å². The van der Waals surface area contributed by atoms with Crippen LogP contribution in [-0.4, -0.2) is 37.6 Å². The van der Waals surface area contributed by atoms with Gasteiger partial charge in [-0.1, -0.05) is 60.7 Å². The second-order valence-electron chi connectivity index (χ2n) is 5.51. The van der Waals surface area contributed by atoms with E-state index in [1.165, 1.54) is 0 Å². The normalized spacial score (nSPS) is 10.5. The maximum atomic E-state index is 12.6. The minimum atomic E-state index is -1.03. The van der Waals surface area contributed by atoms with Gasteiger partial charge in [-0.3, -0.25) is 4.79 Å². The second kappa shape index (κ2) is 10.4. The third kappa shape index (κ3) is 6.21. The zero-order chi connectivity index (χ0) is 20.4. The van der Waals surface area contributed by atoms with Gasteiger partial charge >= 0.3 is 23.9 Å². The first-order chi connectivity index (χ1) is 13.5. The molecule has 2 rings (SSSR count). The second-order valence-corrected chi connectivity index (χ2v) is 5.51. The lowest BCUT2D eigenvalue weighted by atomic mass is 9.91. The first kappa shape index (κ1) is 20.6. The topological polar surface area (TPSA) is 96.0 Å². The molecule has 7 nitrogen and oxygen atoms in total. The van der Waals surface area contributed by atoms with Crippen molar-refractivity contribution in [1.29, 1.82) is 0 Å². The molecule has 0 radical (unpaired) electrons. The lowest BCUT2D eigenvalue weighted by molar-refractivity contribution is -0.166. The maximum Gasteiger partial charge on any atom is 0.351 e. The summed E-state index contributed by atoms with van der Waals surface area (Å²) in [4.78, 5) is 46.8. The number of esters is 4. The van der Waals surface area contributed by atoms with Crippen LogP contribution < -0.4 is 0 Å². The molecule has 0 bridgehead atoms. The summed E-state index contributed by atoms with van der Waals surface area (Å²) in [5.74, 6) is -4.31. The number of benzene rings is 2. The van der Waals surface area contributed by atoms with Gasteiger partial charge in [0, 0.05) is 12.2 Å². The predicted octanol–water partition coefficient (Wildman–Crippen LogP) is 2.16. The van der Waals surface area contributed by atoms with Crippen LogP contribution in [0.4, 0.5) is 0 Å². The largest absolute Gasteiger partial charge is 0.466 e. The molecule has 2 aromatic carbocycles. The average molecular weight is 382 g/mol. The van der Waals surface area contributed by atoms with Crippen molar-refractivity contribution in [3.05, 3.63) is 83.9 Å². The highest BCUT2D eigenvalue weighted by molar-refractivity contribution is 5.94. The Bertz CT molecular complexity index is 817. The van der Waals surface area contributed by atoms with Gasteiger partial charge in [-0.2, -0.15) is 0 Å². The summed E-state index contributed by atoms with van der Waals surface area (Å²) in [7, 11) is 1.15. The van der Waals surface area contributed by atoms with Crippen LogP contribution in [0.5, 0.6) is 0 Å². The number of rotatable bonds is 7. The summed E-state index contributed by atoms with van der Waals surface area (Å²) >= 11 is 0. The van der Waals surface area contributed by atoms with Gasteiger partial charge in [-0.25, -0.2) is 14.4 Å². The molecular formula is C21H18O7. The summed E-state index contributed by atoms with van der Waals surface area (Å²) in [6.07, 6.45) is 1.65. The van der Waals surface area contributed by atoms with Crippen molar-refractivity contribution in [3.8, 4) is 0 Å². The zero-order valence-electron chi connectivity index (χ0n) is 15.1. The molecule has 0 aliphatic rings. The highest BCUT2D eigenvalue weighted by Gasteiger charge is 2.26. The Balaban J connectivity index is 2.01. The maximum absolute atomic E-state index is 12.6. The Labute approximate surface area is 161 Å². The quantitative estimate of drug-likeness (QED) is 0.313. The molecule has 0 unspecified atom stereocenters. The number of carbonyl (C=O) groups is 4. The van der Waals surface area contributed by atoms with Crippen molar-refractivity contribution >= 4 is 23.9 Å². The molecule has 0 aliphatic heterocycles. The van der Waals surface area contributed by atoms with Gasteiger partial charge in [0.25, 0.3) is 0 Å². The van der Waals surface area contributed by atoms with Crippen LogP contribution in [0.1, 0.15) is 17.0 Å². The van der Waals surface area contributed by atoms with Crippen molar-refractivity contribution in [3.63, 3.8) is 0 Å². The Kier molecular flexibility index (Phi) is 7.65. The molecule has 0 amide bonds. The molecule has 0 saturated carbocycles. The fourth-order valence-electron chi connectivity index (χ4n) is 2.34. The molecule has 0 aliphatic carbocycles. The number of hydrogen-bond acceptors (Lipinski definition) is 7. The third-order valence-corrected chi connectivity index (χ3v) is 3.60. The van der Waals surface area contributed by atoms with Crippen LogP contribution in [0, 0.1) is 0 Å².